The van der Waals surface area contributed by atoms with Gasteiger partial charge < -0.3 is 9.84 Å². The van der Waals surface area contributed by atoms with Gasteiger partial charge in [-0.25, -0.2) is 0 Å². The molecule has 1 N–H and O–H groups in total. The quantitative estimate of drug-likeness (QED) is 0.399. The molecule has 2 rings (SSSR count). The number of hydrogen-bond donors (Lipinski definition) is 1. The molecule has 2 aromatic carbocycles. The summed E-state index contributed by atoms with van der Waals surface area (Å²) in [7, 11) is -4.28. The van der Waals surface area contributed by atoms with Crippen molar-refractivity contribution < 1.29 is 52.4 Å². The summed E-state index contributed by atoms with van der Waals surface area (Å²) in [5, 5.41) is 11.8. The zero-order valence-electron chi connectivity index (χ0n) is 15.3. The van der Waals surface area contributed by atoms with Crippen LogP contribution in [0.1, 0.15) is 44.6 Å². The summed E-state index contributed by atoms with van der Waals surface area (Å²) in [6, 6.07) is 10.5. The van der Waals surface area contributed by atoms with Crippen molar-refractivity contribution in [2.24, 2.45) is 0 Å². The number of para-hydroxylation sites is 2. The van der Waals surface area contributed by atoms with Gasteiger partial charge in [0.15, 0.2) is 0 Å². The minimum atomic E-state index is -4.28. The van der Waals surface area contributed by atoms with Crippen molar-refractivity contribution in [1.29, 1.82) is 0 Å². The number of benzene rings is 2. The van der Waals surface area contributed by atoms with E-state index in [1.54, 1.807) is 18.2 Å². The van der Waals surface area contributed by atoms with Gasteiger partial charge in [-0.1, -0.05) is 56.6 Å². The Labute approximate surface area is 177 Å². The van der Waals surface area contributed by atoms with E-state index in [4.69, 9.17) is 4.74 Å². The van der Waals surface area contributed by atoms with E-state index in [1.807, 2.05) is 0 Å². The molecule has 0 aliphatic heterocycles. The third-order valence-electron chi connectivity index (χ3n) is 3.95. The molecular formula is C19H23NaO5S. The molecule has 0 aromatic heterocycles. The standard InChI is InChI=1S/C19H24O5S.Na/c1-2-3-4-5-6-9-15-14-16(25(21,22)23)12-13-18(15)24-19-11-8-7-10-17(19)20;/h7-8,10-14,20H,2-6,9H2,1H3,(H,21,22,23);/q;+1/p-1. The van der Waals surface area contributed by atoms with Crippen molar-refractivity contribution in [2.45, 2.75) is 50.3 Å². The van der Waals surface area contributed by atoms with Crippen LogP contribution in [-0.2, 0) is 16.5 Å². The predicted molar refractivity (Wildman–Crippen MR) is 94.7 cm³/mol. The summed E-state index contributed by atoms with van der Waals surface area (Å²) in [5.74, 6) is 0.385. The zero-order chi connectivity index (χ0) is 18.3. The van der Waals surface area contributed by atoms with Crippen LogP contribution >= 0.6 is 0 Å². The maximum absolute atomic E-state index is 11.8. The van der Waals surface area contributed by atoms with E-state index in [2.05, 4.69) is 6.92 Å². The van der Waals surface area contributed by atoms with Crippen molar-refractivity contribution in [3.8, 4) is 17.2 Å². The number of ether oxygens (including phenoxy) is 1. The molecule has 0 amide bonds. The van der Waals surface area contributed by atoms with Gasteiger partial charge in [0.2, 0.25) is 0 Å². The maximum Gasteiger partial charge on any atom is 1.00 e. The first-order valence-corrected chi connectivity index (χ1v) is 9.90. The van der Waals surface area contributed by atoms with E-state index in [9.17, 15) is 18.1 Å². The summed E-state index contributed by atoms with van der Waals surface area (Å²) in [5.41, 5.74) is 0.662. The van der Waals surface area contributed by atoms with E-state index in [0.717, 1.165) is 32.1 Å². The first-order valence-electron chi connectivity index (χ1n) is 8.46. The molecule has 2 aromatic rings. The molecule has 136 valence electrons. The van der Waals surface area contributed by atoms with Gasteiger partial charge in [-0.2, -0.15) is 8.42 Å². The second-order valence-corrected chi connectivity index (χ2v) is 7.38. The van der Waals surface area contributed by atoms with Gasteiger partial charge in [-0.15, -0.1) is 0 Å². The van der Waals surface area contributed by atoms with Gasteiger partial charge in [0.1, 0.15) is 11.5 Å². The largest absolute Gasteiger partial charge is 1.00 e. The number of aryl methyl sites for hydroxylation is 1. The second kappa shape index (κ2) is 10.9. The number of hydrogen-bond acceptors (Lipinski definition) is 4. The molecule has 0 bridgehead atoms. The van der Waals surface area contributed by atoms with Crippen molar-refractivity contribution in [3.63, 3.8) is 0 Å². The monoisotopic (exact) mass is 386 g/mol. The van der Waals surface area contributed by atoms with Crippen molar-refractivity contribution in [1.82, 2.24) is 0 Å². The summed E-state index contributed by atoms with van der Waals surface area (Å²) < 4.78 is 37.7. The second-order valence-electron chi connectivity index (χ2n) is 5.96. The van der Waals surface area contributed by atoms with E-state index < -0.39 is 10.1 Å². The molecule has 0 aliphatic carbocycles. The third-order valence-corrected chi connectivity index (χ3v) is 4.80. The van der Waals surface area contributed by atoms with Gasteiger partial charge in [0, 0.05) is 0 Å². The van der Waals surface area contributed by atoms with Gasteiger partial charge in [-0.3, -0.25) is 4.55 Å². The Balaban J connectivity index is 0.00000338. The molecule has 0 saturated carbocycles. The summed E-state index contributed by atoms with van der Waals surface area (Å²) in [6.45, 7) is 2.14. The smallest absolute Gasteiger partial charge is 0.870 e. The number of rotatable bonds is 9. The maximum atomic E-state index is 11.8. The number of unbranched alkanes of at least 4 members (excludes halogenated alkanes) is 4. The van der Waals surface area contributed by atoms with E-state index in [1.165, 1.54) is 24.3 Å². The Bertz CT molecular complexity index is 805. The molecule has 0 atom stereocenters. The Morgan fingerprint density at radius 3 is 2.35 bits per heavy atom. The van der Waals surface area contributed by atoms with Crippen LogP contribution in [0.4, 0.5) is 0 Å². The van der Waals surface area contributed by atoms with Gasteiger partial charge in [0.25, 0.3) is 10.1 Å². The first kappa shape index (κ1) is 23.0. The zero-order valence-corrected chi connectivity index (χ0v) is 18.1. The SMILES string of the molecule is CCCCCCCc1cc(S(=O)(=O)O)ccc1Oc1ccccc1[O-].[Na+]. The Kier molecular flexibility index (Phi) is 9.68. The third kappa shape index (κ3) is 6.93. The van der Waals surface area contributed by atoms with Crippen LogP contribution in [0.5, 0.6) is 17.2 Å². The van der Waals surface area contributed by atoms with Crippen molar-refractivity contribution in [2.75, 3.05) is 0 Å². The van der Waals surface area contributed by atoms with Crippen LogP contribution < -0.4 is 39.4 Å². The fraction of sp³-hybridized carbons (Fsp3) is 0.368. The minimum Gasteiger partial charge on any atom is -0.870 e. The van der Waals surface area contributed by atoms with E-state index in [0.29, 0.717) is 17.7 Å². The van der Waals surface area contributed by atoms with Crippen LogP contribution in [-0.4, -0.2) is 13.0 Å². The molecule has 0 radical (unpaired) electrons. The normalized spacial score (nSPS) is 11.0. The van der Waals surface area contributed by atoms with Gasteiger partial charge >= 0.3 is 29.6 Å². The Morgan fingerprint density at radius 2 is 1.69 bits per heavy atom. The van der Waals surface area contributed by atoms with E-state index >= 15 is 0 Å². The molecule has 0 heterocycles. The average Bonchev–Trinajstić information content (AvgIpc) is 2.57. The molecule has 0 unspecified atom stereocenters. The molecule has 0 fully saturated rings. The molecule has 0 saturated heterocycles. The Hall–Kier alpha value is -1.05. The molecular weight excluding hydrogens is 363 g/mol. The van der Waals surface area contributed by atoms with Crippen LogP contribution in [0.25, 0.3) is 0 Å². The summed E-state index contributed by atoms with van der Waals surface area (Å²) in [4.78, 5) is -0.168. The van der Waals surface area contributed by atoms with Crippen molar-refractivity contribution in [3.05, 3.63) is 48.0 Å². The van der Waals surface area contributed by atoms with Crippen LogP contribution in [0, 0.1) is 0 Å². The van der Waals surface area contributed by atoms with Gasteiger partial charge in [-0.05, 0) is 42.7 Å². The topological polar surface area (TPSA) is 86.7 Å². The molecule has 7 heteroatoms. The first-order chi connectivity index (χ1) is 11.9. The molecule has 26 heavy (non-hydrogen) atoms. The molecule has 5 nitrogen and oxygen atoms in total. The van der Waals surface area contributed by atoms with Crippen molar-refractivity contribution >= 4 is 10.1 Å². The van der Waals surface area contributed by atoms with Crippen LogP contribution in [0.15, 0.2) is 47.4 Å². The molecule has 0 aliphatic rings. The Morgan fingerprint density at radius 1 is 1.00 bits per heavy atom. The van der Waals surface area contributed by atoms with Crippen LogP contribution in [0.2, 0.25) is 0 Å². The van der Waals surface area contributed by atoms with Crippen LogP contribution in [0.3, 0.4) is 0 Å². The summed E-state index contributed by atoms with van der Waals surface area (Å²) in [6.07, 6.45) is 5.95. The van der Waals surface area contributed by atoms with E-state index in [-0.39, 0.29) is 46.0 Å². The minimum absolute atomic E-state index is 0. The summed E-state index contributed by atoms with van der Waals surface area (Å²) >= 11 is 0. The van der Waals surface area contributed by atoms with Gasteiger partial charge in [0.05, 0.1) is 4.90 Å². The fourth-order valence-corrected chi connectivity index (χ4v) is 3.11. The molecule has 0 spiro atoms. The predicted octanol–water partition coefficient (Wildman–Crippen LogP) is 1.32. The fourth-order valence-electron chi connectivity index (χ4n) is 2.58. The average molecular weight is 386 g/mol.